The van der Waals surface area contributed by atoms with E-state index in [-0.39, 0.29) is 5.75 Å². The highest BCUT2D eigenvalue weighted by Gasteiger charge is 2.37. The van der Waals surface area contributed by atoms with Crippen molar-refractivity contribution in [2.45, 2.75) is 12.2 Å². The van der Waals surface area contributed by atoms with Crippen molar-refractivity contribution in [2.75, 3.05) is 35.5 Å². The van der Waals surface area contributed by atoms with Crippen LogP contribution in [0.4, 0.5) is 0 Å². The predicted molar refractivity (Wildman–Crippen MR) is 106 cm³/mol. The van der Waals surface area contributed by atoms with Gasteiger partial charge in [-0.3, -0.25) is 0 Å². The van der Waals surface area contributed by atoms with Gasteiger partial charge in [-0.1, -0.05) is 0 Å². The summed E-state index contributed by atoms with van der Waals surface area (Å²) in [7, 11) is 7.89. The molecule has 150 valence electrons. The Balaban J connectivity index is 2.15. The Labute approximate surface area is 167 Å². The maximum Gasteiger partial charge on any atom is 0.160 e. The highest BCUT2D eigenvalue weighted by Crippen LogP contribution is 2.41. The van der Waals surface area contributed by atoms with Crippen molar-refractivity contribution in [3.63, 3.8) is 0 Å². The maximum atomic E-state index is 10.2. The third kappa shape index (κ3) is 3.46. The summed E-state index contributed by atoms with van der Waals surface area (Å²) in [6.07, 6.45) is 2.74. The van der Waals surface area contributed by atoms with E-state index in [4.69, 9.17) is 23.7 Å². The van der Waals surface area contributed by atoms with Crippen molar-refractivity contribution >= 4 is 17.1 Å². The van der Waals surface area contributed by atoms with E-state index in [0.717, 1.165) is 21.6 Å². The van der Waals surface area contributed by atoms with Gasteiger partial charge in [0.05, 0.1) is 26.2 Å². The Morgan fingerprint density at radius 2 is 1.71 bits per heavy atom. The first-order chi connectivity index (χ1) is 13.6. The Hall–Kier alpha value is -2.55. The molecule has 7 nitrogen and oxygen atoms in total. The van der Waals surface area contributed by atoms with Gasteiger partial charge in [-0.2, -0.15) is 4.37 Å². The molecule has 0 bridgehead atoms. The maximum absolute atomic E-state index is 10.2. The molecule has 0 saturated heterocycles. The molecule has 0 radical (unpaired) electrons. The molecule has 1 N–H and O–H groups in total. The van der Waals surface area contributed by atoms with Gasteiger partial charge in [0.25, 0.3) is 0 Å². The van der Waals surface area contributed by atoms with Gasteiger partial charge in [-0.25, -0.2) is 0 Å². The monoisotopic (exact) mass is 405 g/mol. The molecule has 0 spiro atoms. The van der Waals surface area contributed by atoms with E-state index < -0.39 is 12.2 Å². The number of methoxy groups -OCH3 is 5. The van der Waals surface area contributed by atoms with Crippen LogP contribution < -0.4 is 4.74 Å². The molecule has 28 heavy (non-hydrogen) atoms. The molecule has 1 aromatic heterocycles. The zero-order valence-electron chi connectivity index (χ0n) is 16.4. The minimum absolute atomic E-state index is 0.0614. The Bertz CT molecular complexity index is 904. The number of ether oxygens (including phenoxy) is 5. The van der Waals surface area contributed by atoms with Crippen LogP contribution >= 0.6 is 11.5 Å². The zero-order chi connectivity index (χ0) is 20.3. The molecule has 2 aromatic rings. The number of hydrogen-bond acceptors (Lipinski definition) is 8. The first-order valence-electron chi connectivity index (χ1n) is 8.51. The second kappa shape index (κ2) is 8.64. The topological polar surface area (TPSA) is 79.3 Å². The van der Waals surface area contributed by atoms with Gasteiger partial charge in [0.1, 0.15) is 23.7 Å². The number of phenolic OH excluding ortho intramolecular Hbond substituents is 1. The van der Waals surface area contributed by atoms with Gasteiger partial charge in [0.15, 0.2) is 11.5 Å². The van der Waals surface area contributed by atoms with E-state index >= 15 is 0 Å². The van der Waals surface area contributed by atoms with Crippen molar-refractivity contribution in [1.29, 1.82) is 0 Å². The third-order valence-electron chi connectivity index (χ3n) is 4.63. The third-order valence-corrected chi connectivity index (χ3v) is 5.48. The van der Waals surface area contributed by atoms with E-state index in [1.54, 1.807) is 46.8 Å². The van der Waals surface area contributed by atoms with Crippen LogP contribution in [0.5, 0.6) is 11.5 Å². The van der Waals surface area contributed by atoms with Crippen LogP contribution in [-0.4, -0.2) is 57.2 Å². The van der Waals surface area contributed by atoms with E-state index in [9.17, 15) is 5.11 Å². The highest BCUT2D eigenvalue weighted by atomic mass is 32.1. The lowest BCUT2D eigenvalue weighted by Gasteiger charge is -2.32. The molecule has 2 atom stereocenters. The van der Waals surface area contributed by atoms with Gasteiger partial charge < -0.3 is 28.8 Å². The zero-order valence-corrected chi connectivity index (χ0v) is 17.2. The molecule has 1 heterocycles. The van der Waals surface area contributed by atoms with Crippen LogP contribution in [0.1, 0.15) is 5.56 Å². The summed E-state index contributed by atoms with van der Waals surface area (Å²) in [5.74, 6) is 1.72. The number of benzene rings is 1. The molecule has 0 aliphatic heterocycles. The highest BCUT2D eigenvalue weighted by molar-refractivity contribution is 7.09. The SMILES string of the molecule is COC1=CC(c2cnsc2-c2ccc(OC)c(O)c2)=C(OC)C(OC)C1OC. The number of aromatic nitrogens is 1. The molecule has 8 heteroatoms. The van der Waals surface area contributed by atoms with E-state index in [1.165, 1.54) is 18.6 Å². The van der Waals surface area contributed by atoms with Crippen molar-refractivity contribution in [1.82, 2.24) is 4.37 Å². The number of phenols is 1. The molecular formula is C20H23NO6S. The minimum atomic E-state index is -0.470. The molecule has 1 aliphatic carbocycles. The summed E-state index contributed by atoms with van der Waals surface area (Å²) < 4.78 is 31.9. The second-order valence-electron chi connectivity index (χ2n) is 6.00. The van der Waals surface area contributed by atoms with Crippen molar-refractivity contribution < 1.29 is 28.8 Å². The number of hydrogen-bond donors (Lipinski definition) is 1. The Kier molecular flexibility index (Phi) is 6.23. The normalized spacial score (nSPS) is 19.4. The quantitative estimate of drug-likeness (QED) is 0.756. The number of rotatable bonds is 7. The van der Waals surface area contributed by atoms with Crippen LogP contribution in [0.2, 0.25) is 0 Å². The molecular weight excluding hydrogens is 382 g/mol. The van der Waals surface area contributed by atoms with Crippen molar-refractivity contribution in [2.24, 2.45) is 0 Å². The average Bonchev–Trinajstić information content (AvgIpc) is 3.21. The average molecular weight is 405 g/mol. The van der Waals surface area contributed by atoms with Gasteiger partial charge in [-0.15, -0.1) is 0 Å². The lowest BCUT2D eigenvalue weighted by molar-refractivity contribution is -0.0436. The first-order valence-corrected chi connectivity index (χ1v) is 9.28. The van der Waals surface area contributed by atoms with Crippen LogP contribution in [0.15, 0.2) is 42.0 Å². The van der Waals surface area contributed by atoms with Gasteiger partial charge in [0.2, 0.25) is 0 Å². The van der Waals surface area contributed by atoms with Crippen LogP contribution in [-0.2, 0) is 18.9 Å². The van der Waals surface area contributed by atoms with Crippen molar-refractivity contribution in [3.8, 4) is 21.9 Å². The van der Waals surface area contributed by atoms with Crippen molar-refractivity contribution in [3.05, 3.63) is 47.6 Å². The smallest absolute Gasteiger partial charge is 0.160 e. The summed E-state index contributed by atoms with van der Waals surface area (Å²) >= 11 is 1.32. The summed E-state index contributed by atoms with van der Waals surface area (Å²) in [5, 5.41) is 10.2. The summed E-state index contributed by atoms with van der Waals surface area (Å²) in [4.78, 5) is 0.875. The van der Waals surface area contributed by atoms with E-state index in [1.807, 2.05) is 12.1 Å². The van der Waals surface area contributed by atoms with E-state index in [2.05, 4.69) is 4.37 Å². The number of nitrogens with zero attached hydrogens (tertiary/aromatic N) is 1. The van der Waals surface area contributed by atoms with E-state index in [0.29, 0.717) is 17.3 Å². The molecule has 0 amide bonds. The van der Waals surface area contributed by atoms with Gasteiger partial charge in [-0.05, 0) is 41.4 Å². The lowest BCUT2D eigenvalue weighted by Crippen LogP contribution is -2.37. The number of aromatic hydroxyl groups is 1. The lowest BCUT2D eigenvalue weighted by atomic mass is 9.92. The van der Waals surface area contributed by atoms with Crippen LogP contribution in [0, 0.1) is 0 Å². The molecule has 2 unspecified atom stereocenters. The summed E-state index contributed by atoms with van der Waals surface area (Å²) in [6.45, 7) is 0. The molecule has 1 aliphatic rings. The predicted octanol–water partition coefficient (Wildman–Crippen LogP) is 3.46. The molecule has 1 aromatic carbocycles. The summed E-state index contributed by atoms with van der Waals surface area (Å²) in [6, 6.07) is 5.24. The van der Waals surface area contributed by atoms with Crippen LogP contribution in [0.3, 0.4) is 0 Å². The number of allylic oxidation sites excluding steroid dienone is 2. The largest absolute Gasteiger partial charge is 0.504 e. The molecule has 3 rings (SSSR count). The first kappa shape index (κ1) is 20.2. The second-order valence-corrected chi connectivity index (χ2v) is 6.80. The Morgan fingerprint density at radius 1 is 0.964 bits per heavy atom. The Morgan fingerprint density at radius 3 is 2.29 bits per heavy atom. The fourth-order valence-electron chi connectivity index (χ4n) is 3.29. The standard InChI is InChI=1S/C20H23NO6S/c1-23-15-7-6-11(8-14(15)22)20-13(10-21-28-20)12-9-16(24-2)18(26-4)19(27-5)17(12)25-3/h6-10,18-19,22H,1-5H3. The fraction of sp³-hybridized carbons (Fsp3) is 0.350. The minimum Gasteiger partial charge on any atom is -0.504 e. The van der Waals surface area contributed by atoms with Gasteiger partial charge in [0, 0.05) is 31.6 Å². The molecule has 0 fully saturated rings. The fourth-order valence-corrected chi connectivity index (χ4v) is 4.05. The van der Waals surface area contributed by atoms with Crippen LogP contribution in [0.25, 0.3) is 16.0 Å². The summed E-state index contributed by atoms with van der Waals surface area (Å²) in [5.41, 5.74) is 2.45. The molecule has 0 saturated carbocycles. The van der Waals surface area contributed by atoms with Gasteiger partial charge >= 0.3 is 0 Å².